The quantitative estimate of drug-likeness (QED) is 0.830. The minimum atomic E-state index is -0.591. The van der Waals surface area contributed by atoms with Crippen LogP contribution >= 0.6 is 23.2 Å². The van der Waals surface area contributed by atoms with Crippen LogP contribution in [0.5, 0.6) is 5.75 Å². The topological polar surface area (TPSA) is 81.1 Å². The predicted molar refractivity (Wildman–Crippen MR) is 88.9 cm³/mol. The maximum atomic E-state index is 12.3. The molecule has 2 aliphatic heterocycles. The largest absolute Gasteiger partial charge is 0.508 e. The molecule has 3 rings (SSSR count). The van der Waals surface area contributed by atoms with E-state index in [1.54, 1.807) is 4.90 Å². The Morgan fingerprint density at radius 1 is 1.33 bits per heavy atom. The molecule has 24 heavy (non-hydrogen) atoms. The molecule has 1 aromatic rings. The van der Waals surface area contributed by atoms with Gasteiger partial charge in [0.25, 0.3) is 0 Å². The van der Waals surface area contributed by atoms with Crippen molar-refractivity contribution in [3.8, 4) is 5.75 Å². The van der Waals surface area contributed by atoms with Crippen LogP contribution in [0.2, 0.25) is 10.0 Å². The van der Waals surface area contributed by atoms with Gasteiger partial charge in [0.15, 0.2) is 0 Å². The number of aliphatic hydroxyl groups excluding tert-OH is 1. The van der Waals surface area contributed by atoms with Crippen LogP contribution in [0.25, 0.3) is 0 Å². The van der Waals surface area contributed by atoms with Crippen molar-refractivity contribution in [3.63, 3.8) is 0 Å². The smallest absolute Gasteiger partial charge is 0.248 e. The van der Waals surface area contributed by atoms with Crippen molar-refractivity contribution < 1.29 is 19.8 Å². The lowest BCUT2D eigenvalue weighted by atomic mass is 9.98. The van der Waals surface area contributed by atoms with Crippen LogP contribution in [0.15, 0.2) is 23.9 Å². The Morgan fingerprint density at radius 3 is 2.79 bits per heavy atom. The summed E-state index contributed by atoms with van der Waals surface area (Å²) in [6, 6.07) is 2.98. The van der Waals surface area contributed by atoms with E-state index >= 15 is 0 Å². The molecule has 2 heterocycles. The van der Waals surface area contributed by atoms with Gasteiger partial charge in [-0.3, -0.25) is 9.59 Å². The van der Waals surface area contributed by atoms with Crippen LogP contribution < -0.4 is 0 Å². The average molecular weight is 371 g/mol. The zero-order valence-electron chi connectivity index (χ0n) is 12.7. The first-order chi connectivity index (χ1) is 11.4. The molecule has 128 valence electrons. The third kappa shape index (κ3) is 2.97. The Balaban J connectivity index is 1.95. The number of phenols is 1. The van der Waals surface area contributed by atoms with Crippen molar-refractivity contribution in [3.05, 3.63) is 39.5 Å². The molecular weight excluding hydrogens is 355 g/mol. The van der Waals surface area contributed by atoms with Gasteiger partial charge in [-0.2, -0.15) is 0 Å². The lowest BCUT2D eigenvalue weighted by Crippen LogP contribution is -2.35. The van der Waals surface area contributed by atoms with Crippen molar-refractivity contribution >= 4 is 35.0 Å². The minimum absolute atomic E-state index is 0.0136. The maximum Gasteiger partial charge on any atom is 0.248 e. The average Bonchev–Trinajstić information content (AvgIpc) is 2.91. The van der Waals surface area contributed by atoms with Gasteiger partial charge in [-0.1, -0.05) is 29.3 Å². The van der Waals surface area contributed by atoms with Crippen LogP contribution in [-0.4, -0.2) is 58.1 Å². The number of nitrogens with zero attached hydrogens (tertiary/aromatic N) is 2. The van der Waals surface area contributed by atoms with E-state index in [1.807, 2.05) is 6.08 Å². The zero-order valence-corrected chi connectivity index (χ0v) is 14.2. The van der Waals surface area contributed by atoms with Crippen LogP contribution in [0.1, 0.15) is 17.9 Å². The van der Waals surface area contributed by atoms with Crippen LogP contribution in [-0.2, 0) is 9.59 Å². The fourth-order valence-electron chi connectivity index (χ4n) is 3.13. The van der Waals surface area contributed by atoms with Crippen LogP contribution in [0.4, 0.5) is 0 Å². The third-order valence-corrected chi connectivity index (χ3v) is 5.16. The number of amides is 2. The number of fused-ring (bicyclic) bond motifs is 1. The number of carbonyl (C=O) groups is 2. The number of aliphatic hydroxyl groups is 1. The molecule has 6 nitrogen and oxygen atoms in total. The number of carbonyl (C=O) groups excluding carboxylic acids is 2. The minimum Gasteiger partial charge on any atom is -0.508 e. The van der Waals surface area contributed by atoms with Crippen molar-refractivity contribution in [2.24, 2.45) is 0 Å². The van der Waals surface area contributed by atoms with Gasteiger partial charge in [-0.25, -0.2) is 0 Å². The SMILES string of the molecule is O=C(CO)N1CCC(=O)N2C[C@@H](c3c(O)ccc(Cl)c3Cl)C=C2C1. The van der Waals surface area contributed by atoms with E-state index in [4.69, 9.17) is 28.3 Å². The summed E-state index contributed by atoms with van der Waals surface area (Å²) >= 11 is 12.3. The number of halogens is 2. The second kappa shape index (κ2) is 6.63. The van der Waals surface area contributed by atoms with Crippen molar-refractivity contribution in [2.75, 3.05) is 26.2 Å². The van der Waals surface area contributed by atoms with Crippen LogP contribution in [0, 0.1) is 0 Å². The molecule has 0 aromatic heterocycles. The summed E-state index contributed by atoms with van der Waals surface area (Å²) in [5.41, 5.74) is 1.14. The van der Waals surface area contributed by atoms with Gasteiger partial charge in [-0.15, -0.1) is 0 Å². The zero-order chi connectivity index (χ0) is 17.4. The third-order valence-electron chi connectivity index (χ3n) is 4.34. The first-order valence-corrected chi connectivity index (χ1v) is 8.24. The van der Waals surface area contributed by atoms with Gasteiger partial charge in [0.2, 0.25) is 11.8 Å². The summed E-state index contributed by atoms with van der Waals surface area (Å²) in [6.45, 7) is 0.259. The molecule has 2 N–H and O–H groups in total. The first-order valence-electron chi connectivity index (χ1n) is 7.49. The van der Waals surface area contributed by atoms with E-state index in [2.05, 4.69) is 0 Å². The molecule has 0 saturated carbocycles. The Bertz CT molecular complexity index is 735. The van der Waals surface area contributed by atoms with Gasteiger partial charge in [0, 0.05) is 36.7 Å². The Morgan fingerprint density at radius 2 is 2.08 bits per heavy atom. The second-order valence-electron chi connectivity index (χ2n) is 5.79. The molecule has 1 saturated heterocycles. The summed E-state index contributed by atoms with van der Waals surface area (Å²) in [6.07, 6.45) is 2.00. The van der Waals surface area contributed by atoms with Gasteiger partial charge >= 0.3 is 0 Å². The van der Waals surface area contributed by atoms with Gasteiger partial charge in [-0.05, 0) is 12.1 Å². The summed E-state index contributed by atoms with van der Waals surface area (Å²) in [5, 5.41) is 19.8. The molecule has 1 aromatic carbocycles. The van der Waals surface area contributed by atoms with E-state index in [1.165, 1.54) is 17.0 Å². The lowest BCUT2D eigenvalue weighted by molar-refractivity contribution is -0.133. The Labute approximate surface area is 148 Å². The van der Waals surface area contributed by atoms with E-state index < -0.39 is 12.5 Å². The highest BCUT2D eigenvalue weighted by Gasteiger charge is 2.35. The number of benzene rings is 1. The number of hydrogen-bond donors (Lipinski definition) is 2. The Kier molecular flexibility index (Phi) is 4.71. The summed E-state index contributed by atoms with van der Waals surface area (Å²) in [7, 11) is 0. The predicted octanol–water partition coefficient (Wildman–Crippen LogP) is 1.73. The summed E-state index contributed by atoms with van der Waals surface area (Å²) in [4.78, 5) is 27.1. The van der Waals surface area contributed by atoms with E-state index in [9.17, 15) is 14.7 Å². The molecule has 2 aliphatic rings. The van der Waals surface area contributed by atoms with Gasteiger partial charge in [0.1, 0.15) is 12.4 Å². The molecule has 8 heteroatoms. The van der Waals surface area contributed by atoms with E-state index in [-0.39, 0.29) is 42.1 Å². The van der Waals surface area contributed by atoms with Crippen LogP contribution in [0.3, 0.4) is 0 Å². The summed E-state index contributed by atoms with van der Waals surface area (Å²) < 4.78 is 0. The molecule has 0 spiro atoms. The first kappa shape index (κ1) is 17.1. The number of rotatable bonds is 2. The molecule has 2 amide bonds. The fourth-order valence-corrected chi connectivity index (χ4v) is 3.59. The molecular formula is C16H16Cl2N2O4. The lowest BCUT2D eigenvalue weighted by Gasteiger charge is -2.21. The number of hydrogen-bond acceptors (Lipinski definition) is 4. The molecule has 0 radical (unpaired) electrons. The number of aromatic hydroxyl groups is 1. The fraction of sp³-hybridized carbons (Fsp3) is 0.375. The number of phenolic OH excluding ortho intramolecular Hbond substituents is 1. The highest BCUT2D eigenvalue weighted by atomic mass is 35.5. The normalized spacial score (nSPS) is 20.7. The molecule has 0 aliphatic carbocycles. The van der Waals surface area contributed by atoms with Crippen molar-refractivity contribution in [2.45, 2.75) is 12.3 Å². The molecule has 0 bridgehead atoms. The molecule has 1 fully saturated rings. The van der Waals surface area contributed by atoms with Gasteiger partial charge < -0.3 is 20.0 Å². The monoisotopic (exact) mass is 370 g/mol. The maximum absolute atomic E-state index is 12.3. The van der Waals surface area contributed by atoms with Crippen molar-refractivity contribution in [1.29, 1.82) is 0 Å². The molecule has 1 atom stereocenters. The highest BCUT2D eigenvalue weighted by Crippen LogP contribution is 2.42. The van der Waals surface area contributed by atoms with E-state index in [0.717, 1.165) is 0 Å². The standard InChI is InChI=1S/C16H16Cl2N2O4/c17-11-1-2-12(22)15(16(11)18)9-5-10-7-19(14(24)8-21)4-3-13(23)20(10)6-9/h1-2,5,9,21-22H,3-4,6-8H2/t9-/m0/s1. The van der Waals surface area contributed by atoms with Crippen molar-refractivity contribution in [1.82, 2.24) is 9.80 Å². The van der Waals surface area contributed by atoms with E-state index in [0.29, 0.717) is 22.8 Å². The highest BCUT2D eigenvalue weighted by molar-refractivity contribution is 6.42. The van der Waals surface area contributed by atoms with Gasteiger partial charge in [0.05, 0.1) is 16.6 Å². The molecule has 0 unspecified atom stereocenters. The summed E-state index contributed by atoms with van der Waals surface area (Å²) in [5.74, 6) is -0.814. The second-order valence-corrected chi connectivity index (χ2v) is 6.57. The Hall–Kier alpha value is -1.76.